The monoisotopic (exact) mass is 381 g/mol. The van der Waals surface area contributed by atoms with Gasteiger partial charge in [0.15, 0.2) is 11.6 Å². The van der Waals surface area contributed by atoms with E-state index in [9.17, 15) is 17.6 Å². The summed E-state index contributed by atoms with van der Waals surface area (Å²) in [7, 11) is -2.92. The maximum absolute atomic E-state index is 14.0. The Morgan fingerprint density at radius 2 is 1.88 bits per heavy atom. The zero-order valence-electron chi connectivity index (χ0n) is 14.7. The number of carbonyl (C=O) groups excluding carboxylic acids is 1. The molecule has 0 aliphatic heterocycles. The van der Waals surface area contributed by atoms with Crippen molar-refractivity contribution >= 4 is 21.7 Å². The van der Waals surface area contributed by atoms with Gasteiger partial charge in [-0.25, -0.2) is 12.8 Å². The molecule has 140 valence electrons. The summed E-state index contributed by atoms with van der Waals surface area (Å²) >= 11 is 0. The Bertz CT molecular complexity index is 898. The van der Waals surface area contributed by atoms with Gasteiger partial charge in [-0.05, 0) is 43.7 Å². The number of esters is 1. The van der Waals surface area contributed by atoms with Crippen molar-refractivity contribution in [1.82, 2.24) is 0 Å². The normalized spacial score (nSPS) is 11.1. The fraction of sp³-hybridized carbons (Fsp3) is 0.278. The number of sulfonamides is 1. The first-order chi connectivity index (χ1) is 12.3. The predicted molar refractivity (Wildman–Crippen MR) is 95.3 cm³/mol. The van der Waals surface area contributed by atoms with Gasteiger partial charge in [0.2, 0.25) is 0 Å². The number of hydrogen-bond acceptors (Lipinski definition) is 5. The molecule has 0 N–H and O–H groups in total. The van der Waals surface area contributed by atoms with E-state index in [1.807, 2.05) is 0 Å². The van der Waals surface area contributed by atoms with Crippen LogP contribution in [0.25, 0.3) is 0 Å². The van der Waals surface area contributed by atoms with Crippen LogP contribution in [0.2, 0.25) is 0 Å². The van der Waals surface area contributed by atoms with E-state index in [0.29, 0.717) is 11.3 Å². The minimum atomic E-state index is -4.20. The lowest BCUT2D eigenvalue weighted by Crippen LogP contribution is -2.37. The third-order valence-electron chi connectivity index (χ3n) is 3.67. The van der Waals surface area contributed by atoms with Gasteiger partial charge in [0.05, 0.1) is 24.3 Å². The van der Waals surface area contributed by atoms with Crippen LogP contribution in [-0.4, -0.2) is 34.6 Å². The van der Waals surface area contributed by atoms with Crippen LogP contribution in [0.1, 0.15) is 12.5 Å². The lowest BCUT2D eigenvalue weighted by Gasteiger charge is -2.25. The fourth-order valence-corrected chi connectivity index (χ4v) is 3.89. The van der Waals surface area contributed by atoms with Crippen LogP contribution in [0.15, 0.2) is 47.4 Å². The second kappa shape index (κ2) is 8.18. The summed E-state index contributed by atoms with van der Waals surface area (Å²) in [5.41, 5.74) is 0.964. The van der Waals surface area contributed by atoms with Gasteiger partial charge in [-0.1, -0.05) is 18.2 Å². The molecule has 0 bridgehead atoms. The number of hydrogen-bond donors (Lipinski definition) is 0. The Balaban J connectivity index is 2.54. The van der Waals surface area contributed by atoms with Crippen molar-refractivity contribution in [2.45, 2.75) is 18.7 Å². The summed E-state index contributed by atoms with van der Waals surface area (Å²) in [4.78, 5) is 11.7. The number of ether oxygens (including phenoxy) is 2. The van der Waals surface area contributed by atoms with Gasteiger partial charge >= 0.3 is 5.97 Å². The number of benzene rings is 2. The Labute approximate surface area is 152 Å². The van der Waals surface area contributed by atoms with E-state index in [1.54, 1.807) is 38.1 Å². The molecule has 0 unspecified atom stereocenters. The molecule has 2 aromatic carbocycles. The molecule has 2 aromatic rings. The van der Waals surface area contributed by atoms with E-state index in [1.165, 1.54) is 19.2 Å². The lowest BCUT2D eigenvalue weighted by atomic mass is 10.2. The Hall–Kier alpha value is -2.61. The van der Waals surface area contributed by atoms with E-state index >= 15 is 0 Å². The number of nitrogens with zero attached hydrogens (tertiary/aromatic N) is 1. The number of halogens is 1. The highest BCUT2D eigenvalue weighted by Gasteiger charge is 2.29. The van der Waals surface area contributed by atoms with E-state index in [2.05, 4.69) is 0 Å². The number of para-hydroxylation sites is 1. The largest absolute Gasteiger partial charge is 0.494 e. The van der Waals surface area contributed by atoms with Crippen molar-refractivity contribution < 1.29 is 27.1 Å². The van der Waals surface area contributed by atoms with Crippen LogP contribution >= 0.6 is 0 Å². The predicted octanol–water partition coefficient (Wildman–Crippen LogP) is 2.90. The molecule has 26 heavy (non-hydrogen) atoms. The van der Waals surface area contributed by atoms with Crippen LogP contribution < -0.4 is 9.04 Å². The maximum atomic E-state index is 14.0. The molecule has 0 aliphatic carbocycles. The van der Waals surface area contributed by atoms with Crippen LogP contribution in [0, 0.1) is 12.7 Å². The summed E-state index contributed by atoms with van der Waals surface area (Å²) in [5, 5.41) is 0. The lowest BCUT2D eigenvalue weighted by molar-refractivity contribution is -0.141. The molecule has 0 spiro atoms. The van der Waals surface area contributed by atoms with Gasteiger partial charge in [-0.3, -0.25) is 9.10 Å². The minimum Gasteiger partial charge on any atom is -0.494 e. The Kier molecular flexibility index (Phi) is 6.20. The topological polar surface area (TPSA) is 72.9 Å². The third kappa shape index (κ3) is 4.13. The molecule has 0 heterocycles. The number of anilines is 1. The van der Waals surface area contributed by atoms with Crippen molar-refractivity contribution in [2.24, 2.45) is 0 Å². The highest BCUT2D eigenvalue weighted by Crippen LogP contribution is 2.28. The first-order valence-corrected chi connectivity index (χ1v) is 9.32. The molecule has 0 saturated heterocycles. The smallest absolute Gasteiger partial charge is 0.326 e. The Morgan fingerprint density at radius 1 is 1.19 bits per heavy atom. The summed E-state index contributed by atoms with van der Waals surface area (Å²) < 4.78 is 50.8. The first kappa shape index (κ1) is 19.7. The van der Waals surface area contributed by atoms with Crippen molar-refractivity contribution in [1.29, 1.82) is 0 Å². The SMILES string of the molecule is CCOC(=O)CN(c1ccccc1C)S(=O)(=O)c1ccc(OC)c(F)c1. The van der Waals surface area contributed by atoms with Gasteiger partial charge in [0.1, 0.15) is 6.54 Å². The zero-order chi connectivity index (χ0) is 19.3. The number of aryl methyl sites for hydroxylation is 1. The maximum Gasteiger partial charge on any atom is 0.326 e. The average Bonchev–Trinajstić information content (AvgIpc) is 2.60. The van der Waals surface area contributed by atoms with E-state index < -0.39 is 28.4 Å². The minimum absolute atomic E-state index is 0.0724. The standard InChI is InChI=1S/C18H20FNO5S/c1-4-25-18(21)12-20(16-8-6-5-7-13(16)2)26(22,23)14-9-10-17(24-3)15(19)11-14/h5-11H,4,12H2,1-3H3. The second-order valence-corrected chi connectivity index (χ2v) is 7.26. The molecule has 0 atom stereocenters. The molecule has 0 amide bonds. The molecular weight excluding hydrogens is 361 g/mol. The number of methoxy groups -OCH3 is 1. The van der Waals surface area contributed by atoms with E-state index in [0.717, 1.165) is 10.4 Å². The molecule has 0 aromatic heterocycles. The Morgan fingerprint density at radius 3 is 2.46 bits per heavy atom. The number of rotatable bonds is 7. The fourth-order valence-electron chi connectivity index (χ4n) is 2.40. The van der Waals surface area contributed by atoms with Gasteiger partial charge in [-0.2, -0.15) is 0 Å². The molecular formula is C18H20FNO5S. The quantitative estimate of drug-likeness (QED) is 0.690. The summed E-state index contributed by atoms with van der Waals surface area (Å²) in [5.74, 6) is -1.58. The van der Waals surface area contributed by atoms with Crippen molar-refractivity contribution in [3.63, 3.8) is 0 Å². The molecule has 0 aliphatic rings. The molecule has 2 rings (SSSR count). The second-order valence-electron chi connectivity index (χ2n) is 5.40. The van der Waals surface area contributed by atoms with Crippen LogP contribution in [0.5, 0.6) is 5.75 Å². The van der Waals surface area contributed by atoms with Gasteiger partial charge < -0.3 is 9.47 Å². The van der Waals surface area contributed by atoms with Crippen LogP contribution in [0.4, 0.5) is 10.1 Å². The van der Waals surface area contributed by atoms with Gasteiger partial charge in [0, 0.05) is 0 Å². The molecule has 0 fully saturated rings. The van der Waals surface area contributed by atoms with Gasteiger partial charge in [0.25, 0.3) is 10.0 Å². The van der Waals surface area contributed by atoms with Crippen molar-refractivity contribution in [3.8, 4) is 5.75 Å². The molecule has 8 heteroatoms. The van der Waals surface area contributed by atoms with Gasteiger partial charge in [-0.15, -0.1) is 0 Å². The van der Waals surface area contributed by atoms with Crippen LogP contribution in [-0.2, 0) is 19.6 Å². The van der Waals surface area contributed by atoms with Crippen molar-refractivity contribution in [2.75, 3.05) is 24.6 Å². The molecule has 0 radical (unpaired) electrons. The zero-order valence-corrected chi connectivity index (χ0v) is 15.5. The van der Waals surface area contributed by atoms with Crippen molar-refractivity contribution in [3.05, 3.63) is 53.8 Å². The van der Waals surface area contributed by atoms with E-state index in [-0.39, 0.29) is 17.3 Å². The third-order valence-corrected chi connectivity index (χ3v) is 5.43. The highest BCUT2D eigenvalue weighted by molar-refractivity contribution is 7.92. The summed E-state index contributed by atoms with van der Waals surface area (Å²) in [6, 6.07) is 10.0. The van der Waals surface area contributed by atoms with Crippen LogP contribution in [0.3, 0.4) is 0 Å². The molecule has 6 nitrogen and oxygen atoms in total. The summed E-state index contributed by atoms with van der Waals surface area (Å²) in [6.45, 7) is 2.95. The number of carbonyl (C=O) groups is 1. The summed E-state index contributed by atoms with van der Waals surface area (Å²) in [6.07, 6.45) is 0. The van der Waals surface area contributed by atoms with E-state index in [4.69, 9.17) is 9.47 Å². The average molecular weight is 381 g/mol. The molecule has 0 saturated carbocycles. The first-order valence-electron chi connectivity index (χ1n) is 7.88. The highest BCUT2D eigenvalue weighted by atomic mass is 32.2.